The van der Waals surface area contributed by atoms with Crippen molar-refractivity contribution < 1.29 is 38.4 Å². The van der Waals surface area contributed by atoms with E-state index in [-0.39, 0.29) is 55.2 Å². The van der Waals surface area contributed by atoms with Gasteiger partial charge in [-0.15, -0.1) is 0 Å². The molecule has 1 aliphatic heterocycles. The molecule has 0 spiro atoms. The molecular weight excluding hydrogens is 504 g/mol. The summed E-state index contributed by atoms with van der Waals surface area (Å²) in [5.41, 5.74) is 0.264. The predicted molar refractivity (Wildman–Crippen MR) is 133 cm³/mol. The fraction of sp³-hybridized carbons (Fsp3) is 0.417. The molecule has 0 aliphatic carbocycles. The Hall–Kier alpha value is -3.98. The number of fused-ring (bicyclic) bond motifs is 1. The van der Waals surface area contributed by atoms with Crippen molar-refractivity contribution in [3.05, 3.63) is 73.8 Å². The van der Waals surface area contributed by atoms with Gasteiger partial charge < -0.3 is 24.3 Å². The van der Waals surface area contributed by atoms with Gasteiger partial charge in [0.05, 0.1) is 86.4 Å². The predicted octanol–water partition coefficient (Wildman–Crippen LogP) is 2.28. The Bertz CT molecular complexity index is 1110. The van der Waals surface area contributed by atoms with Gasteiger partial charge in [-0.1, -0.05) is 12.1 Å². The molecule has 204 valence electrons. The third kappa shape index (κ3) is 8.01. The summed E-state index contributed by atoms with van der Waals surface area (Å²) in [4.78, 5) is 46.2. The summed E-state index contributed by atoms with van der Waals surface area (Å²) in [6, 6.07) is 10.1. The number of ether oxygens (including phenoxy) is 4. The number of benzene rings is 2. The van der Waals surface area contributed by atoms with Crippen LogP contribution in [0.3, 0.4) is 0 Å². The fourth-order valence-electron chi connectivity index (χ4n) is 3.55. The summed E-state index contributed by atoms with van der Waals surface area (Å²) in [5, 5.41) is 24.7. The lowest BCUT2D eigenvalue weighted by Crippen LogP contribution is -2.33. The third-order valence-corrected chi connectivity index (χ3v) is 5.40. The van der Waals surface area contributed by atoms with Crippen molar-refractivity contribution in [1.82, 2.24) is 4.90 Å². The zero-order chi connectivity index (χ0) is 27.3. The first-order chi connectivity index (χ1) is 18.4. The summed E-state index contributed by atoms with van der Waals surface area (Å²) in [6.45, 7) is 2.92. The van der Waals surface area contributed by atoms with Gasteiger partial charge in [0.1, 0.15) is 5.69 Å². The number of nitrogens with one attached hydrogen (secondary N) is 1. The minimum atomic E-state index is -0.692. The molecular formula is C24H28N4O10. The van der Waals surface area contributed by atoms with Crippen LogP contribution < -0.4 is 5.32 Å². The highest BCUT2D eigenvalue weighted by Crippen LogP contribution is 2.28. The van der Waals surface area contributed by atoms with E-state index in [1.165, 1.54) is 17.0 Å². The van der Waals surface area contributed by atoms with Gasteiger partial charge in [-0.2, -0.15) is 0 Å². The molecule has 2 aromatic carbocycles. The van der Waals surface area contributed by atoms with Crippen LogP contribution in [0.25, 0.3) is 0 Å². The van der Waals surface area contributed by atoms with Crippen LogP contribution in [0.1, 0.15) is 20.7 Å². The van der Waals surface area contributed by atoms with Crippen LogP contribution in [0.2, 0.25) is 0 Å². The smallest absolute Gasteiger partial charge is 0.299 e. The molecule has 38 heavy (non-hydrogen) atoms. The second-order valence-corrected chi connectivity index (χ2v) is 7.90. The third-order valence-electron chi connectivity index (χ3n) is 5.40. The summed E-state index contributed by atoms with van der Waals surface area (Å²) >= 11 is 0. The van der Waals surface area contributed by atoms with E-state index in [2.05, 4.69) is 5.32 Å². The molecule has 0 fully saturated rings. The first-order valence-electron chi connectivity index (χ1n) is 11.8. The lowest BCUT2D eigenvalue weighted by atomic mass is 10.1. The van der Waals surface area contributed by atoms with Gasteiger partial charge >= 0.3 is 0 Å². The molecule has 14 heteroatoms. The maximum atomic E-state index is 12.3. The average Bonchev–Trinajstić information content (AvgIpc) is 3.15. The normalized spacial score (nSPS) is 12.6. The Morgan fingerprint density at radius 3 is 1.76 bits per heavy atom. The van der Waals surface area contributed by atoms with Gasteiger partial charge in [0, 0.05) is 12.6 Å². The van der Waals surface area contributed by atoms with Gasteiger partial charge in [-0.3, -0.25) is 34.7 Å². The largest absolute Gasteiger partial charge is 0.377 e. The van der Waals surface area contributed by atoms with E-state index < -0.39 is 9.85 Å². The van der Waals surface area contributed by atoms with Crippen molar-refractivity contribution in [3.63, 3.8) is 0 Å². The Labute approximate surface area is 217 Å². The highest BCUT2D eigenvalue weighted by Gasteiger charge is 2.34. The maximum Gasteiger partial charge on any atom is 0.299 e. The molecule has 0 radical (unpaired) electrons. The number of rotatable bonds is 18. The molecule has 0 aromatic heterocycles. The van der Waals surface area contributed by atoms with Crippen LogP contribution in [-0.4, -0.2) is 92.5 Å². The van der Waals surface area contributed by atoms with Crippen LogP contribution >= 0.6 is 0 Å². The number of anilines is 1. The van der Waals surface area contributed by atoms with Crippen molar-refractivity contribution in [2.24, 2.45) is 0 Å². The van der Waals surface area contributed by atoms with Gasteiger partial charge in [0.25, 0.3) is 23.2 Å². The molecule has 3 rings (SSSR count). The van der Waals surface area contributed by atoms with Gasteiger partial charge in [-0.25, -0.2) is 0 Å². The SMILES string of the molecule is O=C1c2ccccc2C(=O)N1CCOCCOCCOCCOCCNc1ccc([N+](=O)[O-])cc1[N+](=O)[O-]. The summed E-state index contributed by atoms with van der Waals surface area (Å²) in [6.07, 6.45) is 0. The lowest BCUT2D eigenvalue weighted by molar-refractivity contribution is -0.393. The number of imide groups is 1. The molecule has 2 amide bonds. The fourth-order valence-corrected chi connectivity index (χ4v) is 3.55. The summed E-state index contributed by atoms with van der Waals surface area (Å²) in [7, 11) is 0. The summed E-state index contributed by atoms with van der Waals surface area (Å²) < 4.78 is 21.6. The van der Waals surface area contributed by atoms with Gasteiger partial charge in [-0.05, 0) is 18.2 Å². The Morgan fingerprint density at radius 1 is 0.711 bits per heavy atom. The van der Waals surface area contributed by atoms with Crippen molar-refractivity contribution in [1.29, 1.82) is 0 Å². The van der Waals surface area contributed by atoms with E-state index in [0.29, 0.717) is 50.8 Å². The van der Waals surface area contributed by atoms with E-state index in [9.17, 15) is 29.8 Å². The van der Waals surface area contributed by atoms with Gasteiger partial charge in [0.2, 0.25) is 0 Å². The Kier molecular flexibility index (Phi) is 11.0. The minimum absolute atomic E-state index is 0.171. The van der Waals surface area contributed by atoms with Crippen molar-refractivity contribution in [3.8, 4) is 0 Å². The van der Waals surface area contributed by atoms with Crippen molar-refractivity contribution in [2.75, 3.05) is 71.3 Å². The number of carbonyl (C=O) groups is 2. The number of nitro benzene ring substituents is 2. The van der Waals surface area contributed by atoms with Crippen molar-refractivity contribution in [2.45, 2.75) is 0 Å². The molecule has 14 nitrogen and oxygen atoms in total. The van der Waals surface area contributed by atoms with E-state index in [1.807, 2.05) is 0 Å². The molecule has 0 bridgehead atoms. The van der Waals surface area contributed by atoms with E-state index in [0.717, 1.165) is 6.07 Å². The average molecular weight is 533 g/mol. The Balaban J connectivity index is 1.14. The summed E-state index contributed by atoms with van der Waals surface area (Å²) in [5.74, 6) is -0.618. The number of hydrogen-bond donors (Lipinski definition) is 1. The standard InChI is InChI=1S/C24H28N4O10/c29-23-19-3-1-2-4-20(19)24(30)26(23)8-10-36-12-14-38-16-15-37-13-11-35-9-7-25-21-6-5-18(27(31)32)17-22(21)28(33)34/h1-6,17,25H,7-16H2. The Morgan fingerprint density at radius 2 is 1.24 bits per heavy atom. The number of nitrogens with zero attached hydrogens (tertiary/aromatic N) is 3. The zero-order valence-electron chi connectivity index (χ0n) is 20.5. The quantitative estimate of drug-likeness (QED) is 0.129. The van der Waals surface area contributed by atoms with Crippen LogP contribution in [0.5, 0.6) is 0 Å². The van der Waals surface area contributed by atoms with E-state index in [1.54, 1.807) is 24.3 Å². The molecule has 0 saturated carbocycles. The molecule has 0 saturated heterocycles. The lowest BCUT2D eigenvalue weighted by Gasteiger charge is -2.13. The van der Waals surface area contributed by atoms with Crippen LogP contribution in [0, 0.1) is 20.2 Å². The van der Waals surface area contributed by atoms with Crippen LogP contribution in [0.4, 0.5) is 17.1 Å². The van der Waals surface area contributed by atoms with E-state index >= 15 is 0 Å². The number of carbonyl (C=O) groups excluding carboxylic acids is 2. The van der Waals surface area contributed by atoms with Crippen LogP contribution in [-0.2, 0) is 18.9 Å². The zero-order valence-corrected chi connectivity index (χ0v) is 20.5. The van der Waals surface area contributed by atoms with Gasteiger partial charge in [0.15, 0.2) is 0 Å². The number of hydrogen-bond acceptors (Lipinski definition) is 11. The molecule has 1 heterocycles. The highest BCUT2D eigenvalue weighted by atomic mass is 16.6. The van der Waals surface area contributed by atoms with Crippen LogP contribution in [0.15, 0.2) is 42.5 Å². The first-order valence-corrected chi connectivity index (χ1v) is 11.8. The first kappa shape index (κ1) is 28.6. The molecule has 0 unspecified atom stereocenters. The molecule has 2 aromatic rings. The molecule has 1 N–H and O–H groups in total. The van der Waals surface area contributed by atoms with Crippen molar-refractivity contribution >= 4 is 28.9 Å². The topological polar surface area (TPSA) is 173 Å². The number of amides is 2. The maximum absolute atomic E-state index is 12.3. The second kappa shape index (κ2) is 14.7. The minimum Gasteiger partial charge on any atom is -0.377 e. The number of non-ortho nitro benzene ring substituents is 1. The second-order valence-electron chi connectivity index (χ2n) is 7.90. The molecule has 0 atom stereocenters. The van der Waals surface area contributed by atoms with E-state index in [4.69, 9.17) is 18.9 Å². The monoisotopic (exact) mass is 532 g/mol. The number of nitro groups is 2. The molecule has 1 aliphatic rings. The highest BCUT2D eigenvalue weighted by molar-refractivity contribution is 6.21.